The van der Waals surface area contributed by atoms with Crippen LogP contribution >= 0.6 is 12.4 Å². The van der Waals surface area contributed by atoms with E-state index in [1.807, 2.05) is 0 Å². The molecule has 0 saturated carbocycles. The molecule has 6 heteroatoms. The lowest BCUT2D eigenvalue weighted by molar-refractivity contribution is -0.125. The van der Waals surface area contributed by atoms with Gasteiger partial charge in [0.25, 0.3) is 5.91 Å². The molecular weight excluding hydrogens is 266 g/mol. The predicted octanol–water partition coefficient (Wildman–Crippen LogP) is 0.808. The first-order chi connectivity index (χ1) is 8.36. The van der Waals surface area contributed by atoms with Crippen LogP contribution in [0.5, 0.6) is 0 Å². The van der Waals surface area contributed by atoms with Gasteiger partial charge in [0.1, 0.15) is 0 Å². The number of benzene rings is 1. The number of hydrogen-bond donors (Lipinski definition) is 3. The molecule has 1 aromatic rings. The molecule has 0 heterocycles. The van der Waals surface area contributed by atoms with Crippen molar-refractivity contribution in [3.63, 3.8) is 0 Å². The molecule has 106 valence electrons. The SMILES string of the molecule is CC(C)(CNC(=O)c1ccc(CN)cc1)C(N)=O.Cl. The molecule has 0 unspecified atom stereocenters. The summed E-state index contributed by atoms with van der Waals surface area (Å²) in [5, 5.41) is 2.69. The molecule has 0 bridgehead atoms. The zero-order chi connectivity index (χ0) is 13.8. The average molecular weight is 286 g/mol. The van der Waals surface area contributed by atoms with Crippen LogP contribution in [0.25, 0.3) is 0 Å². The van der Waals surface area contributed by atoms with Crippen LogP contribution in [0.3, 0.4) is 0 Å². The summed E-state index contributed by atoms with van der Waals surface area (Å²) in [7, 11) is 0. The van der Waals surface area contributed by atoms with Crippen LogP contribution < -0.4 is 16.8 Å². The van der Waals surface area contributed by atoms with E-state index in [0.29, 0.717) is 12.1 Å². The summed E-state index contributed by atoms with van der Waals surface area (Å²) in [5.74, 6) is -0.672. The fourth-order valence-corrected chi connectivity index (χ4v) is 1.28. The Morgan fingerprint density at radius 2 is 1.74 bits per heavy atom. The molecule has 1 rings (SSSR count). The predicted molar refractivity (Wildman–Crippen MR) is 76.9 cm³/mol. The summed E-state index contributed by atoms with van der Waals surface area (Å²) in [4.78, 5) is 22.9. The standard InChI is InChI=1S/C13H19N3O2.ClH/c1-13(2,12(15)18)8-16-11(17)10-5-3-9(7-14)4-6-10;/h3-6H,7-8,14H2,1-2H3,(H2,15,18)(H,16,17);1H. The third-order valence-corrected chi connectivity index (χ3v) is 2.81. The topological polar surface area (TPSA) is 98.2 Å². The minimum absolute atomic E-state index is 0. The van der Waals surface area contributed by atoms with E-state index in [0.717, 1.165) is 5.56 Å². The van der Waals surface area contributed by atoms with Crippen molar-refractivity contribution in [2.75, 3.05) is 6.54 Å². The zero-order valence-electron chi connectivity index (χ0n) is 11.1. The number of amides is 2. The molecule has 0 aromatic heterocycles. The molecule has 19 heavy (non-hydrogen) atoms. The molecule has 0 radical (unpaired) electrons. The number of halogens is 1. The molecule has 0 saturated heterocycles. The Labute approximate surface area is 119 Å². The lowest BCUT2D eigenvalue weighted by atomic mass is 9.92. The van der Waals surface area contributed by atoms with Crippen LogP contribution in [0, 0.1) is 5.41 Å². The Hall–Kier alpha value is -1.59. The van der Waals surface area contributed by atoms with Crippen molar-refractivity contribution < 1.29 is 9.59 Å². The van der Waals surface area contributed by atoms with Gasteiger partial charge in [-0.05, 0) is 31.5 Å². The Bertz CT molecular complexity index is 444. The minimum Gasteiger partial charge on any atom is -0.369 e. The average Bonchev–Trinajstić information content (AvgIpc) is 2.36. The molecular formula is C13H20ClN3O2. The highest BCUT2D eigenvalue weighted by molar-refractivity contribution is 5.94. The molecule has 0 fully saturated rings. The number of carbonyl (C=O) groups is 2. The lowest BCUT2D eigenvalue weighted by Crippen LogP contribution is -2.42. The molecule has 0 atom stereocenters. The Morgan fingerprint density at radius 3 is 2.16 bits per heavy atom. The monoisotopic (exact) mass is 285 g/mol. The van der Waals surface area contributed by atoms with Crippen molar-refractivity contribution >= 4 is 24.2 Å². The van der Waals surface area contributed by atoms with E-state index in [-0.39, 0.29) is 24.9 Å². The maximum atomic E-state index is 11.8. The number of rotatable bonds is 5. The maximum Gasteiger partial charge on any atom is 0.251 e. The second kappa shape index (κ2) is 7.11. The lowest BCUT2D eigenvalue weighted by Gasteiger charge is -2.20. The van der Waals surface area contributed by atoms with Crippen LogP contribution in [0.2, 0.25) is 0 Å². The van der Waals surface area contributed by atoms with Gasteiger partial charge < -0.3 is 16.8 Å². The van der Waals surface area contributed by atoms with Crippen molar-refractivity contribution in [1.29, 1.82) is 0 Å². The smallest absolute Gasteiger partial charge is 0.251 e. The number of hydrogen-bond acceptors (Lipinski definition) is 3. The number of carbonyl (C=O) groups excluding carboxylic acids is 2. The van der Waals surface area contributed by atoms with Crippen molar-refractivity contribution in [3.8, 4) is 0 Å². The normalized spacial score (nSPS) is 10.5. The van der Waals surface area contributed by atoms with E-state index < -0.39 is 11.3 Å². The van der Waals surface area contributed by atoms with E-state index >= 15 is 0 Å². The van der Waals surface area contributed by atoms with E-state index in [9.17, 15) is 9.59 Å². The highest BCUT2D eigenvalue weighted by Crippen LogP contribution is 2.12. The summed E-state index contributed by atoms with van der Waals surface area (Å²) in [5.41, 5.74) is 11.4. The molecule has 2 amide bonds. The summed E-state index contributed by atoms with van der Waals surface area (Å²) < 4.78 is 0. The number of nitrogens with one attached hydrogen (secondary N) is 1. The van der Waals surface area contributed by atoms with Gasteiger partial charge in [-0.3, -0.25) is 9.59 Å². The number of nitrogens with two attached hydrogens (primary N) is 2. The molecule has 1 aromatic carbocycles. The second-order valence-corrected chi connectivity index (χ2v) is 4.83. The summed E-state index contributed by atoms with van der Waals surface area (Å²) in [6.45, 7) is 4.02. The molecule has 0 spiro atoms. The third-order valence-electron chi connectivity index (χ3n) is 2.81. The van der Waals surface area contributed by atoms with Crippen molar-refractivity contribution in [2.45, 2.75) is 20.4 Å². The van der Waals surface area contributed by atoms with Gasteiger partial charge >= 0.3 is 0 Å². The van der Waals surface area contributed by atoms with Crippen molar-refractivity contribution in [1.82, 2.24) is 5.32 Å². The van der Waals surface area contributed by atoms with Gasteiger partial charge in [-0.1, -0.05) is 12.1 Å². The minimum atomic E-state index is -0.757. The first kappa shape index (κ1) is 17.4. The Kier molecular flexibility index (Phi) is 6.52. The van der Waals surface area contributed by atoms with Crippen molar-refractivity contribution in [2.24, 2.45) is 16.9 Å². The van der Waals surface area contributed by atoms with Crippen molar-refractivity contribution in [3.05, 3.63) is 35.4 Å². The van der Waals surface area contributed by atoms with Gasteiger partial charge in [0.15, 0.2) is 0 Å². The first-order valence-electron chi connectivity index (χ1n) is 5.74. The van der Waals surface area contributed by atoms with Crippen LogP contribution in [0.15, 0.2) is 24.3 Å². The second-order valence-electron chi connectivity index (χ2n) is 4.83. The summed E-state index contributed by atoms with van der Waals surface area (Å²) >= 11 is 0. The molecule has 0 aliphatic carbocycles. The third kappa shape index (κ3) is 4.89. The van der Waals surface area contributed by atoms with Gasteiger partial charge in [0.05, 0.1) is 5.41 Å². The Balaban J connectivity index is 0.00000324. The van der Waals surface area contributed by atoms with E-state index in [1.54, 1.807) is 38.1 Å². The number of primary amides is 1. The van der Waals surface area contributed by atoms with Gasteiger partial charge in [0, 0.05) is 18.7 Å². The maximum absolute atomic E-state index is 11.8. The highest BCUT2D eigenvalue weighted by atomic mass is 35.5. The van der Waals surface area contributed by atoms with Gasteiger partial charge in [-0.15, -0.1) is 12.4 Å². The highest BCUT2D eigenvalue weighted by Gasteiger charge is 2.25. The van der Waals surface area contributed by atoms with Gasteiger partial charge in [-0.25, -0.2) is 0 Å². The molecule has 0 aliphatic heterocycles. The van der Waals surface area contributed by atoms with E-state index in [1.165, 1.54) is 0 Å². The van der Waals surface area contributed by atoms with E-state index in [4.69, 9.17) is 11.5 Å². The quantitative estimate of drug-likeness (QED) is 0.746. The van der Waals surface area contributed by atoms with E-state index in [2.05, 4.69) is 5.32 Å². The van der Waals surface area contributed by atoms with Gasteiger partial charge in [-0.2, -0.15) is 0 Å². The summed E-state index contributed by atoms with van der Waals surface area (Å²) in [6.07, 6.45) is 0. The van der Waals surface area contributed by atoms with Crippen LogP contribution in [-0.2, 0) is 11.3 Å². The van der Waals surface area contributed by atoms with Crippen LogP contribution in [-0.4, -0.2) is 18.4 Å². The molecule has 0 aliphatic rings. The fraction of sp³-hybridized carbons (Fsp3) is 0.385. The molecule has 5 nitrogen and oxygen atoms in total. The van der Waals surface area contributed by atoms with Crippen LogP contribution in [0.4, 0.5) is 0 Å². The molecule has 5 N–H and O–H groups in total. The largest absolute Gasteiger partial charge is 0.369 e. The van der Waals surface area contributed by atoms with Crippen LogP contribution in [0.1, 0.15) is 29.8 Å². The first-order valence-corrected chi connectivity index (χ1v) is 5.74. The summed E-state index contributed by atoms with van der Waals surface area (Å²) in [6, 6.07) is 7.01. The zero-order valence-corrected chi connectivity index (χ0v) is 11.9. The fourth-order valence-electron chi connectivity index (χ4n) is 1.28. The Morgan fingerprint density at radius 1 is 1.21 bits per heavy atom. The van der Waals surface area contributed by atoms with Gasteiger partial charge in [0.2, 0.25) is 5.91 Å².